The lowest BCUT2D eigenvalue weighted by Gasteiger charge is -2.18. The second-order valence-corrected chi connectivity index (χ2v) is 14.0. The maximum absolute atomic E-state index is 13.6. The minimum Gasteiger partial charge on any atom is -0.508 e. The van der Waals surface area contributed by atoms with Crippen LogP contribution < -0.4 is 26.0 Å². The molecule has 2 aromatic heterocycles. The van der Waals surface area contributed by atoms with Crippen LogP contribution in [0.1, 0.15) is 49.3 Å². The van der Waals surface area contributed by atoms with Gasteiger partial charge in [-0.3, -0.25) is 19.2 Å². The molecule has 7 rings (SSSR count). The van der Waals surface area contributed by atoms with Gasteiger partial charge in [0.2, 0.25) is 17.7 Å². The predicted octanol–water partition coefficient (Wildman–Crippen LogP) is 5.91. The molecule has 5 aromatic carbocycles. The standard InChI is InChI=1S/C45H37N9O10/c1-24(21-25-3-17-33(55)18-4-25)39(57)47-30-13-9-27(10-14-30)41(59)50-36(22-32-23-46-54-51-32)42(60)48-31-15-11-29(12-16-31)44-53-52-43(64-44)28-7-5-26(6-8-28)40(58)49-35-20-19-34(45(61)62)37(56)38(35)63-2/h3-21,23,36,55-56H,22H2,1-2H3,(H,47,57)(H,48,60)(H,49,58)(H,50,59)(H,61,62)(H,46,51,54)/b24-21+/t36-/m0/s1. The number of carbonyl (C=O) groups is 5. The molecule has 2 heterocycles. The summed E-state index contributed by atoms with van der Waals surface area (Å²) >= 11 is 0. The van der Waals surface area contributed by atoms with E-state index in [0.717, 1.165) is 11.6 Å². The SMILES string of the molecule is COc1c(NC(=O)c2ccc(-c3nnc(-c4ccc(NC(=O)[C@H](Cc5cn[nH]n5)NC(=O)c5ccc(NC(=O)/C(C)=C/c6ccc(O)cc6)cc5)cc4)o3)cc2)ccc(C(=O)O)c1O. The smallest absolute Gasteiger partial charge is 0.339 e. The van der Waals surface area contributed by atoms with Crippen LogP contribution in [-0.4, -0.2) is 83.7 Å². The highest BCUT2D eigenvalue weighted by molar-refractivity contribution is 6.07. The maximum Gasteiger partial charge on any atom is 0.339 e. The highest BCUT2D eigenvalue weighted by Crippen LogP contribution is 2.38. The van der Waals surface area contributed by atoms with Crippen molar-refractivity contribution in [3.63, 3.8) is 0 Å². The lowest BCUT2D eigenvalue weighted by Crippen LogP contribution is -2.45. The molecule has 0 saturated carbocycles. The number of H-pyrrole nitrogens is 1. The first-order valence-electron chi connectivity index (χ1n) is 19.2. The van der Waals surface area contributed by atoms with Crippen LogP contribution in [0.15, 0.2) is 125 Å². The number of amides is 4. The minimum atomic E-state index is -1.36. The number of nitrogens with zero attached hydrogens (tertiary/aromatic N) is 4. The third-order valence-electron chi connectivity index (χ3n) is 9.57. The number of phenolic OH excluding ortho intramolecular Hbond substituents is 1. The summed E-state index contributed by atoms with van der Waals surface area (Å²) in [6.45, 7) is 1.65. The lowest BCUT2D eigenvalue weighted by atomic mass is 10.1. The summed E-state index contributed by atoms with van der Waals surface area (Å²) in [6, 6.07) is 26.8. The van der Waals surface area contributed by atoms with E-state index in [1.54, 1.807) is 73.7 Å². The van der Waals surface area contributed by atoms with Crippen LogP contribution in [0.4, 0.5) is 17.1 Å². The highest BCUT2D eigenvalue weighted by Gasteiger charge is 2.24. The number of aromatic amines is 1. The fraction of sp³-hybridized carbons (Fsp3) is 0.0889. The number of aromatic nitrogens is 5. The van der Waals surface area contributed by atoms with Crippen LogP contribution in [0, 0.1) is 0 Å². The third-order valence-corrected chi connectivity index (χ3v) is 9.57. The van der Waals surface area contributed by atoms with Crippen molar-refractivity contribution in [2.24, 2.45) is 0 Å². The van der Waals surface area contributed by atoms with E-state index in [0.29, 0.717) is 33.8 Å². The summed E-state index contributed by atoms with van der Waals surface area (Å²) in [5.74, 6) is -3.71. The summed E-state index contributed by atoms with van der Waals surface area (Å²) in [5.41, 5.74) is 3.65. The zero-order chi connectivity index (χ0) is 45.3. The zero-order valence-corrected chi connectivity index (χ0v) is 33.8. The van der Waals surface area contributed by atoms with Crippen molar-refractivity contribution in [2.45, 2.75) is 19.4 Å². The van der Waals surface area contributed by atoms with Gasteiger partial charge in [-0.15, -0.1) is 10.2 Å². The second-order valence-electron chi connectivity index (χ2n) is 14.0. The third kappa shape index (κ3) is 10.2. The number of carboxylic acids is 1. The summed E-state index contributed by atoms with van der Waals surface area (Å²) in [6.07, 6.45) is 3.14. The summed E-state index contributed by atoms with van der Waals surface area (Å²) in [5, 5.41) is 58.5. The Bertz CT molecular complexity index is 2860. The normalized spacial score (nSPS) is 11.6. The number of anilines is 3. The van der Waals surface area contributed by atoms with Crippen LogP contribution in [0.2, 0.25) is 0 Å². The van der Waals surface area contributed by atoms with E-state index >= 15 is 0 Å². The van der Waals surface area contributed by atoms with Crippen LogP contribution in [0.5, 0.6) is 17.2 Å². The number of methoxy groups -OCH3 is 1. The maximum atomic E-state index is 13.6. The first kappa shape index (κ1) is 43.0. The molecule has 0 unspecified atom stereocenters. The Kier molecular flexibility index (Phi) is 12.8. The number of ether oxygens (including phenoxy) is 1. The first-order chi connectivity index (χ1) is 30.8. The summed E-state index contributed by atoms with van der Waals surface area (Å²) < 4.78 is 11.0. The number of hydrogen-bond donors (Lipinski definition) is 8. The van der Waals surface area contributed by atoms with E-state index in [2.05, 4.69) is 46.9 Å². The van der Waals surface area contributed by atoms with Gasteiger partial charge in [0, 0.05) is 45.6 Å². The number of hydrogen-bond acceptors (Lipinski definition) is 13. The quantitative estimate of drug-likeness (QED) is 0.0556. The predicted molar refractivity (Wildman–Crippen MR) is 232 cm³/mol. The van der Waals surface area contributed by atoms with Gasteiger partial charge in [0.05, 0.1) is 24.7 Å². The average Bonchev–Trinajstić information content (AvgIpc) is 4.01. The van der Waals surface area contributed by atoms with E-state index < -0.39 is 35.5 Å². The van der Waals surface area contributed by atoms with Gasteiger partial charge in [0.1, 0.15) is 17.4 Å². The molecule has 8 N–H and O–H groups in total. The number of benzene rings is 5. The van der Waals surface area contributed by atoms with E-state index in [-0.39, 0.29) is 58.0 Å². The van der Waals surface area contributed by atoms with Gasteiger partial charge in [-0.1, -0.05) is 12.1 Å². The molecule has 4 amide bonds. The Morgan fingerprint density at radius 1 is 0.750 bits per heavy atom. The first-order valence-corrected chi connectivity index (χ1v) is 19.2. The molecule has 0 bridgehead atoms. The number of phenols is 2. The fourth-order valence-electron chi connectivity index (χ4n) is 6.19. The Balaban J connectivity index is 0.960. The van der Waals surface area contributed by atoms with Crippen molar-refractivity contribution in [3.8, 4) is 40.2 Å². The summed E-state index contributed by atoms with van der Waals surface area (Å²) in [4.78, 5) is 64.1. The molecule has 1 atom stereocenters. The highest BCUT2D eigenvalue weighted by atomic mass is 16.5. The van der Waals surface area contributed by atoms with Crippen molar-refractivity contribution < 1.29 is 48.4 Å². The molecule has 19 heteroatoms. The molecule has 322 valence electrons. The van der Waals surface area contributed by atoms with Gasteiger partial charge >= 0.3 is 5.97 Å². The van der Waals surface area contributed by atoms with Gasteiger partial charge in [-0.05, 0) is 116 Å². The zero-order valence-electron chi connectivity index (χ0n) is 33.8. The molecule has 0 aliphatic heterocycles. The van der Waals surface area contributed by atoms with Crippen LogP contribution >= 0.6 is 0 Å². The Morgan fingerprint density at radius 3 is 1.95 bits per heavy atom. The van der Waals surface area contributed by atoms with Crippen molar-refractivity contribution in [1.82, 2.24) is 30.9 Å². The molecule has 64 heavy (non-hydrogen) atoms. The number of rotatable bonds is 15. The Hall–Kier alpha value is -9.13. The van der Waals surface area contributed by atoms with Gasteiger partial charge in [-0.2, -0.15) is 15.4 Å². The average molecular weight is 864 g/mol. The molecular weight excluding hydrogens is 827 g/mol. The van der Waals surface area contributed by atoms with Gasteiger partial charge in [0.25, 0.3) is 17.7 Å². The molecule has 0 aliphatic carbocycles. The van der Waals surface area contributed by atoms with Crippen molar-refractivity contribution in [2.75, 3.05) is 23.1 Å². The van der Waals surface area contributed by atoms with Crippen LogP contribution in [-0.2, 0) is 16.0 Å². The molecular formula is C45H37N9O10. The number of carbonyl (C=O) groups excluding carboxylic acids is 4. The lowest BCUT2D eigenvalue weighted by molar-refractivity contribution is -0.118. The van der Waals surface area contributed by atoms with E-state index in [1.165, 1.54) is 55.8 Å². The van der Waals surface area contributed by atoms with Gasteiger partial charge in [0.15, 0.2) is 11.5 Å². The van der Waals surface area contributed by atoms with Crippen molar-refractivity contribution in [3.05, 3.63) is 149 Å². The number of nitrogens with one attached hydrogen (secondary N) is 5. The van der Waals surface area contributed by atoms with E-state index in [4.69, 9.17) is 9.15 Å². The Labute approximate surface area is 362 Å². The number of aromatic carboxylic acids is 1. The van der Waals surface area contributed by atoms with Crippen LogP contribution in [0.3, 0.4) is 0 Å². The molecule has 0 radical (unpaired) electrons. The topological polar surface area (TPSA) is 284 Å². The summed E-state index contributed by atoms with van der Waals surface area (Å²) in [7, 11) is 1.23. The molecule has 0 fully saturated rings. The van der Waals surface area contributed by atoms with E-state index in [1.807, 2.05) is 0 Å². The minimum absolute atomic E-state index is 0.0189. The second kappa shape index (κ2) is 19.1. The Morgan fingerprint density at radius 2 is 1.34 bits per heavy atom. The van der Waals surface area contributed by atoms with Crippen LogP contribution in [0.25, 0.3) is 29.0 Å². The number of aromatic hydroxyl groups is 2. The van der Waals surface area contributed by atoms with Crippen molar-refractivity contribution in [1.29, 1.82) is 0 Å². The fourth-order valence-corrected chi connectivity index (χ4v) is 6.19. The van der Waals surface area contributed by atoms with Gasteiger partial charge in [-0.25, -0.2) is 4.79 Å². The molecule has 19 nitrogen and oxygen atoms in total. The molecule has 7 aromatic rings. The van der Waals surface area contributed by atoms with E-state index in [9.17, 15) is 39.3 Å². The molecule has 0 saturated heterocycles. The monoisotopic (exact) mass is 863 g/mol. The molecule has 0 spiro atoms. The van der Waals surface area contributed by atoms with Crippen molar-refractivity contribution >= 4 is 52.7 Å². The number of carboxylic acid groups (broad SMARTS) is 1. The molecule has 0 aliphatic rings. The van der Waals surface area contributed by atoms with Gasteiger partial charge < -0.3 is 45.7 Å². The largest absolute Gasteiger partial charge is 0.508 e.